The summed E-state index contributed by atoms with van der Waals surface area (Å²) < 4.78 is 44.2. The molecule has 1 aliphatic rings. The molecule has 164 valence electrons. The lowest BCUT2D eigenvalue weighted by molar-refractivity contribution is -0.145. The van der Waals surface area contributed by atoms with Crippen molar-refractivity contribution in [2.24, 2.45) is 0 Å². The van der Waals surface area contributed by atoms with E-state index in [1.165, 1.54) is 13.0 Å². The van der Waals surface area contributed by atoms with Crippen LogP contribution in [-0.4, -0.2) is 29.4 Å². The van der Waals surface area contributed by atoms with Crippen LogP contribution in [0.15, 0.2) is 66.7 Å². The number of hydrogen-bond acceptors (Lipinski definition) is 4. The van der Waals surface area contributed by atoms with Gasteiger partial charge in [-0.1, -0.05) is 48.5 Å². The fourth-order valence-electron chi connectivity index (χ4n) is 3.61. The molecule has 3 aromatic rings. The van der Waals surface area contributed by atoms with E-state index in [0.717, 1.165) is 29.0 Å². The van der Waals surface area contributed by atoms with E-state index in [4.69, 9.17) is 4.74 Å². The molecule has 0 radical (unpaired) electrons. The fraction of sp³-hybridized carbons (Fsp3) is 0.174. The molecule has 1 fully saturated rings. The quantitative estimate of drug-likeness (QED) is 0.373. The maximum Gasteiger partial charge on any atom is 0.419 e. The van der Waals surface area contributed by atoms with Crippen LogP contribution in [0.4, 0.5) is 18.0 Å². The van der Waals surface area contributed by atoms with Gasteiger partial charge in [-0.15, -0.1) is 0 Å². The number of carbonyl (C=O) groups is 3. The number of ether oxygens (including phenoxy) is 1. The van der Waals surface area contributed by atoms with Gasteiger partial charge in [0.05, 0.1) is 5.56 Å². The van der Waals surface area contributed by atoms with Crippen LogP contribution >= 0.6 is 0 Å². The average Bonchev–Trinajstić information content (AvgIpc) is 2.97. The molecule has 9 heteroatoms. The number of para-hydroxylation sites is 1. The first-order valence-electron chi connectivity index (χ1n) is 9.60. The van der Waals surface area contributed by atoms with Crippen LogP contribution in [0.25, 0.3) is 10.8 Å². The lowest BCUT2D eigenvalue weighted by atomic mass is 9.90. The monoisotopic (exact) mass is 442 g/mol. The molecule has 32 heavy (non-hydrogen) atoms. The predicted octanol–water partition coefficient (Wildman–Crippen LogP) is 4.23. The Kier molecular flexibility index (Phi) is 5.12. The highest BCUT2D eigenvalue weighted by atomic mass is 19.4. The highest BCUT2D eigenvalue weighted by molar-refractivity contribution is 6.09. The van der Waals surface area contributed by atoms with Gasteiger partial charge in [-0.3, -0.25) is 9.69 Å². The van der Waals surface area contributed by atoms with E-state index in [0.29, 0.717) is 10.5 Å². The van der Waals surface area contributed by atoms with E-state index in [2.05, 4.69) is 5.32 Å². The fourth-order valence-corrected chi connectivity index (χ4v) is 3.61. The molecular weight excluding hydrogens is 425 g/mol. The lowest BCUT2D eigenvalue weighted by Gasteiger charge is -2.22. The highest BCUT2D eigenvalue weighted by Crippen LogP contribution is 2.36. The highest BCUT2D eigenvalue weighted by Gasteiger charge is 2.49. The van der Waals surface area contributed by atoms with Crippen LogP contribution in [-0.2, 0) is 21.3 Å². The topological polar surface area (TPSA) is 75.7 Å². The summed E-state index contributed by atoms with van der Waals surface area (Å²) in [5.74, 6) is -2.58. The number of urea groups is 1. The first kappa shape index (κ1) is 21.4. The zero-order chi connectivity index (χ0) is 23.1. The molecule has 1 heterocycles. The minimum Gasteiger partial charge on any atom is -0.425 e. The number of alkyl halides is 3. The number of rotatable bonds is 4. The van der Waals surface area contributed by atoms with Crippen molar-refractivity contribution in [2.45, 2.75) is 18.6 Å². The van der Waals surface area contributed by atoms with Crippen molar-refractivity contribution in [2.75, 3.05) is 6.54 Å². The van der Waals surface area contributed by atoms with Gasteiger partial charge in [0.1, 0.15) is 17.8 Å². The van der Waals surface area contributed by atoms with Crippen LogP contribution < -0.4 is 10.1 Å². The zero-order valence-electron chi connectivity index (χ0n) is 16.8. The summed E-state index contributed by atoms with van der Waals surface area (Å²) in [4.78, 5) is 38.4. The van der Waals surface area contributed by atoms with Gasteiger partial charge >= 0.3 is 18.2 Å². The molecule has 1 aliphatic heterocycles. The minimum absolute atomic E-state index is 0.507. The molecule has 3 aromatic carbocycles. The van der Waals surface area contributed by atoms with Crippen LogP contribution in [0.2, 0.25) is 0 Å². The molecule has 0 spiro atoms. The van der Waals surface area contributed by atoms with Gasteiger partial charge in [-0.2, -0.15) is 13.2 Å². The van der Waals surface area contributed by atoms with E-state index in [1.54, 1.807) is 18.2 Å². The second kappa shape index (κ2) is 7.67. The minimum atomic E-state index is -4.73. The Bertz CT molecular complexity index is 1240. The number of halogens is 3. The van der Waals surface area contributed by atoms with Crippen LogP contribution in [0.3, 0.4) is 0 Å². The predicted molar refractivity (Wildman–Crippen MR) is 109 cm³/mol. The molecule has 3 amide bonds. The number of hydrogen-bond donors (Lipinski definition) is 1. The number of esters is 1. The zero-order valence-corrected chi connectivity index (χ0v) is 16.8. The molecule has 0 aromatic heterocycles. The average molecular weight is 442 g/mol. The third-order valence-electron chi connectivity index (χ3n) is 5.31. The molecule has 4 rings (SSSR count). The number of nitrogens with zero attached hydrogens (tertiary/aromatic N) is 1. The summed E-state index contributed by atoms with van der Waals surface area (Å²) in [6.45, 7) is 0.668. The van der Waals surface area contributed by atoms with Crippen molar-refractivity contribution in [3.8, 4) is 5.75 Å². The molecule has 0 aliphatic carbocycles. The van der Waals surface area contributed by atoms with Gasteiger partial charge < -0.3 is 10.1 Å². The van der Waals surface area contributed by atoms with E-state index < -0.39 is 47.5 Å². The lowest BCUT2D eigenvalue weighted by Crippen LogP contribution is -2.42. The summed E-state index contributed by atoms with van der Waals surface area (Å²) in [6.07, 6.45) is -4.73. The smallest absolute Gasteiger partial charge is 0.419 e. The number of carbonyl (C=O) groups excluding carboxylic acids is 3. The van der Waals surface area contributed by atoms with E-state index in [9.17, 15) is 27.6 Å². The van der Waals surface area contributed by atoms with Crippen LogP contribution in [0, 0.1) is 0 Å². The Morgan fingerprint density at radius 3 is 2.38 bits per heavy atom. The summed E-state index contributed by atoms with van der Waals surface area (Å²) in [6, 6.07) is 16.1. The first-order chi connectivity index (χ1) is 15.1. The van der Waals surface area contributed by atoms with Crippen molar-refractivity contribution in [1.82, 2.24) is 10.2 Å². The Morgan fingerprint density at radius 1 is 1.00 bits per heavy atom. The van der Waals surface area contributed by atoms with E-state index >= 15 is 0 Å². The number of benzene rings is 3. The molecule has 1 N–H and O–H groups in total. The third-order valence-corrected chi connectivity index (χ3v) is 5.31. The van der Waals surface area contributed by atoms with Gasteiger partial charge in [0.2, 0.25) is 0 Å². The molecule has 6 nitrogen and oxygen atoms in total. The maximum absolute atomic E-state index is 13.1. The van der Waals surface area contributed by atoms with Crippen molar-refractivity contribution in [3.05, 3.63) is 77.9 Å². The number of amides is 3. The van der Waals surface area contributed by atoms with Crippen molar-refractivity contribution in [1.29, 1.82) is 0 Å². The first-order valence-corrected chi connectivity index (χ1v) is 9.60. The van der Waals surface area contributed by atoms with E-state index in [-0.39, 0.29) is 0 Å². The van der Waals surface area contributed by atoms with Gasteiger partial charge in [0.25, 0.3) is 5.91 Å². The van der Waals surface area contributed by atoms with Crippen LogP contribution in [0.5, 0.6) is 5.75 Å². The summed E-state index contributed by atoms with van der Waals surface area (Å²) >= 11 is 0. The number of nitrogens with one attached hydrogen (secondary N) is 1. The molecule has 0 bridgehead atoms. The van der Waals surface area contributed by atoms with Gasteiger partial charge in [-0.25, -0.2) is 9.59 Å². The van der Waals surface area contributed by atoms with Crippen molar-refractivity contribution < 1.29 is 32.3 Å². The van der Waals surface area contributed by atoms with Crippen LogP contribution in [0.1, 0.15) is 18.1 Å². The molecular formula is C23H17F3N2O4. The third kappa shape index (κ3) is 3.77. The summed E-state index contributed by atoms with van der Waals surface area (Å²) in [7, 11) is 0. The Morgan fingerprint density at radius 2 is 1.66 bits per heavy atom. The second-order valence-corrected chi connectivity index (χ2v) is 7.48. The summed E-state index contributed by atoms with van der Waals surface area (Å²) in [5, 5.41) is 4.37. The normalized spacial score (nSPS) is 18.7. The second-order valence-electron chi connectivity index (χ2n) is 7.48. The van der Waals surface area contributed by atoms with Gasteiger partial charge in [0, 0.05) is 0 Å². The SMILES string of the molecule is CC1(c2ccc3ccccc3c2)NC(=O)N(CC(=O)Oc2ccccc2C(F)(F)F)C1=O. The molecule has 1 saturated heterocycles. The number of imide groups is 1. The van der Waals surface area contributed by atoms with Crippen molar-refractivity contribution in [3.63, 3.8) is 0 Å². The Hall–Kier alpha value is -3.88. The molecule has 1 atom stereocenters. The maximum atomic E-state index is 13.1. The van der Waals surface area contributed by atoms with Gasteiger partial charge in [-0.05, 0) is 41.5 Å². The van der Waals surface area contributed by atoms with E-state index in [1.807, 2.05) is 24.3 Å². The molecule has 0 saturated carbocycles. The van der Waals surface area contributed by atoms with Crippen molar-refractivity contribution >= 4 is 28.7 Å². The Balaban J connectivity index is 1.55. The Labute approximate surface area is 180 Å². The molecule has 1 unspecified atom stereocenters. The standard InChI is InChI=1S/C23H17F3N2O4/c1-22(16-11-10-14-6-2-3-7-15(14)12-16)20(30)28(21(31)27-22)13-19(29)32-18-9-5-4-8-17(18)23(24,25)26/h2-12H,13H2,1H3,(H,27,31). The largest absolute Gasteiger partial charge is 0.425 e. The number of fused-ring (bicyclic) bond motifs is 1. The van der Waals surface area contributed by atoms with Gasteiger partial charge in [0.15, 0.2) is 0 Å². The summed E-state index contributed by atoms with van der Waals surface area (Å²) in [5.41, 5.74) is -2.06.